The van der Waals surface area contributed by atoms with Crippen LogP contribution in [0.3, 0.4) is 0 Å². The third-order valence-electron chi connectivity index (χ3n) is 1.73. The Morgan fingerprint density at radius 3 is 2.58 bits per heavy atom. The first-order valence-electron chi connectivity index (χ1n) is 3.84. The Labute approximate surface area is 72.7 Å². The number of allylic oxidation sites excluding steroid dienone is 1. The molecule has 0 aromatic carbocycles. The molecule has 0 heterocycles. The highest BCUT2D eigenvalue weighted by atomic mass is 16.4. The Morgan fingerprint density at radius 2 is 2.25 bits per heavy atom. The molecule has 0 radical (unpaired) electrons. The van der Waals surface area contributed by atoms with Crippen LogP contribution >= 0.6 is 0 Å². The normalized spacial score (nSPS) is 16.0. The number of likely N-dealkylation sites (N-methyl/N-ethyl adjacent to an activating group) is 1. The van der Waals surface area contributed by atoms with Gasteiger partial charge >= 0.3 is 5.97 Å². The van der Waals surface area contributed by atoms with Crippen LogP contribution in [0.5, 0.6) is 0 Å². The molecule has 0 rings (SSSR count). The minimum atomic E-state index is -1.33. The van der Waals surface area contributed by atoms with Crippen LogP contribution in [-0.2, 0) is 4.79 Å². The van der Waals surface area contributed by atoms with E-state index in [1.165, 1.54) is 11.8 Å². The van der Waals surface area contributed by atoms with Gasteiger partial charge < -0.3 is 10.0 Å². The molecule has 0 aromatic heterocycles. The summed E-state index contributed by atoms with van der Waals surface area (Å²) in [6.07, 6.45) is 4.39. The standard InChI is InChI=1S/C8H16N2O2/c1-4-5-6-10(3)8(2,9)7(11)12/h5-6H,4,9H2,1-3H3,(H,11,12). The SMILES string of the molecule is CCC=CN(C)C(C)(N)C(=O)O. The predicted molar refractivity (Wildman–Crippen MR) is 47.4 cm³/mol. The van der Waals surface area contributed by atoms with Gasteiger partial charge in [0, 0.05) is 7.05 Å². The summed E-state index contributed by atoms with van der Waals surface area (Å²) in [6.45, 7) is 3.42. The van der Waals surface area contributed by atoms with E-state index in [-0.39, 0.29) is 0 Å². The smallest absolute Gasteiger partial charge is 0.344 e. The summed E-state index contributed by atoms with van der Waals surface area (Å²) in [4.78, 5) is 12.1. The second-order valence-electron chi connectivity index (χ2n) is 2.86. The fraction of sp³-hybridized carbons (Fsp3) is 0.625. The Kier molecular flexibility index (Phi) is 3.76. The highest BCUT2D eigenvalue weighted by Crippen LogP contribution is 2.05. The number of rotatable bonds is 4. The van der Waals surface area contributed by atoms with Gasteiger partial charge in [-0.15, -0.1) is 0 Å². The average Bonchev–Trinajstić information content (AvgIpc) is 1.99. The van der Waals surface area contributed by atoms with Crippen molar-refractivity contribution in [1.29, 1.82) is 0 Å². The maximum atomic E-state index is 10.6. The quantitative estimate of drug-likeness (QED) is 0.609. The summed E-state index contributed by atoms with van der Waals surface area (Å²) < 4.78 is 0. The molecule has 0 aliphatic carbocycles. The molecule has 0 aromatic rings. The molecule has 0 fully saturated rings. The number of hydrogen-bond donors (Lipinski definition) is 2. The molecule has 0 aliphatic rings. The number of carboxylic acid groups (broad SMARTS) is 1. The molecule has 12 heavy (non-hydrogen) atoms. The van der Waals surface area contributed by atoms with Gasteiger partial charge in [-0.2, -0.15) is 0 Å². The summed E-state index contributed by atoms with van der Waals surface area (Å²) >= 11 is 0. The lowest BCUT2D eigenvalue weighted by molar-refractivity contribution is -0.147. The zero-order valence-corrected chi connectivity index (χ0v) is 7.74. The third kappa shape index (κ3) is 2.54. The Bertz CT molecular complexity index is 187. The molecular weight excluding hydrogens is 156 g/mol. The van der Waals surface area contributed by atoms with Crippen molar-refractivity contribution in [3.05, 3.63) is 12.3 Å². The van der Waals surface area contributed by atoms with Crippen LogP contribution in [0.25, 0.3) is 0 Å². The molecule has 0 saturated carbocycles. The van der Waals surface area contributed by atoms with E-state index in [1.807, 2.05) is 13.0 Å². The van der Waals surface area contributed by atoms with Gasteiger partial charge in [0.2, 0.25) is 0 Å². The molecule has 0 bridgehead atoms. The van der Waals surface area contributed by atoms with Gasteiger partial charge in [-0.05, 0) is 19.5 Å². The summed E-state index contributed by atoms with van der Waals surface area (Å²) in [7, 11) is 1.64. The van der Waals surface area contributed by atoms with E-state index in [0.717, 1.165) is 6.42 Å². The van der Waals surface area contributed by atoms with E-state index in [4.69, 9.17) is 10.8 Å². The van der Waals surface area contributed by atoms with Crippen LogP contribution in [0, 0.1) is 0 Å². The number of carbonyl (C=O) groups is 1. The molecule has 0 aliphatic heterocycles. The van der Waals surface area contributed by atoms with Crippen LogP contribution < -0.4 is 5.73 Å². The molecule has 3 N–H and O–H groups in total. The molecule has 4 heteroatoms. The second-order valence-corrected chi connectivity index (χ2v) is 2.86. The van der Waals surface area contributed by atoms with Crippen molar-refractivity contribution >= 4 is 5.97 Å². The van der Waals surface area contributed by atoms with Gasteiger partial charge in [0.1, 0.15) is 0 Å². The molecule has 4 nitrogen and oxygen atoms in total. The molecular formula is C8H16N2O2. The van der Waals surface area contributed by atoms with Crippen molar-refractivity contribution in [3.63, 3.8) is 0 Å². The van der Waals surface area contributed by atoms with Crippen LogP contribution in [0.2, 0.25) is 0 Å². The van der Waals surface area contributed by atoms with E-state index < -0.39 is 11.6 Å². The Balaban J connectivity index is 4.35. The molecule has 1 unspecified atom stereocenters. The predicted octanol–water partition coefficient (Wildman–Crippen LogP) is 0.601. The lowest BCUT2D eigenvalue weighted by Gasteiger charge is -2.29. The van der Waals surface area contributed by atoms with E-state index in [1.54, 1.807) is 13.2 Å². The van der Waals surface area contributed by atoms with Crippen molar-refractivity contribution in [2.45, 2.75) is 25.9 Å². The highest BCUT2D eigenvalue weighted by molar-refractivity contribution is 5.77. The lowest BCUT2D eigenvalue weighted by Crippen LogP contribution is -2.55. The average molecular weight is 172 g/mol. The molecule has 0 spiro atoms. The first-order chi connectivity index (χ1) is 5.42. The van der Waals surface area contributed by atoms with E-state index in [2.05, 4.69) is 0 Å². The van der Waals surface area contributed by atoms with Crippen LogP contribution in [-0.4, -0.2) is 28.7 Å². The Hall–Kier alpha value is -1.03. The fourth-order valence-corrected chi connectivity index (χ4v) is 0.569. The first kappa shape index (κ1) is 11.0. The van der Waals surface area contributed by atoms with Gasteiger partial charge in [0.25, 0.3) is 0 Å². The maximum Gasteiger partial charge on any atom is 0.344 e. The number of nitrogens with zero attached hydrogens (tertiary/aromatic N) is 1. The van der Waals surface area contributed by atoms with Crippen molar-refractivity contribution in [1.82, 2.24) is 4.90 Å². The van der Waals surface area contributed by atoms with E-state index in [9.17, 15) is 4.79 Å². The lowest BCUT2D eigenvalue weighted by atomic mass is 10.2. The summed E-state index contributed by atoms with van der Waals surface area (Å²) in [6, 6.07) is 0. The van der Waals surface area contributed by atoms with Crippen molar-refractivity contribution < 1.29 is 9.90 Å². The van der Waals surface area contributed by atoms with Crippen molar-refractivity contribution in [3.8, 4) is 0 Å². The molecule has 0 saturated heterocycles. The number of carboxylic acids is 1. The van der Waals surface area contributed by atoms with Gasteiger partial charge in [0.15, 0.2) is 5.66 Å². The summed E-state index contributed by atoms with van der Waals surface area (Å²) in [5.41, 5.74) is 4.19. The Morgan fingerprint density at radius 1 is 1.75 bits per heavy atom. The first-order valence-corrected chi connectivity index (χ1v) is 3.84. The van der Waals surface area contributed by atoms with Gasteiger partial charge in [0.05, 0.1) is 0 Å². The number of aliphatic carboxylic acids is 1. The number of hydrogen-bond acceptors (Lipinski definition) is 3. The number of nitrogens with two attached hydrogens (primary N) is 1. The van der Waals surface area contributed by atoms with E-state index >= 15 is 0 Å². The zero-order valence-electron chi connectivity index (χ0n) is 7.74. The summed E-state index contributed by atoms with van der Waals surface area (Å²) in [5, 5.41) is 8.71. The van der Waals surface area contributed by atoms with Crippen LogP contribution in [0.15, 0.2) is 12.3 Å². The third-order valence-corrected chi connectivity index (χ3v) is 1.73. The van der Waals surface area contributed by atoms with Crippen LogP contribution in [0.1, 0.15) is 20.3 Å². The van der Waals surface area contributed by atoms with E-state index in [0.29, 0.717) is 0 Å². The topological polar surface area (TPSA) is 66.6 Å². The van der Waals surface area contributed by atoms with Gasteiger partial charge in [-0.3, -0.25) is 5.73 Å². The molecule has 70 valence electrons. The second kappa shape index (κ2) is 4.11. The maximum absolute atomic E-state index is 10.6. The van der Waals surface area contributed by atoms with Crippen molar-refractivity contribution in [2.24, 2.45) is 5.73 Å². The summed E-state index contributed by atoms with van der Waals surface area (Å²) in [5.74, 6) is -1.04. The fourth-order valence-electron chi connectivity index (χ4n) is 0.569. The highest BCUT2D eigenvalue weighted by Gasteiger charge is 2.30. The van der Waals surface area contributed by atoms with Gasteiger partial charge in [-0.1, -0.05) is 13.0 Å². The van der Waals surface area contributed by atoms with Gasteiger partial charge in [-0.25, -0.2) is 4.79 Å². The van der Waals surface area contributed by atoms with Crippen LogP contribution in [0.4, 0.5) is 0 Å². The molecule has 1 atom stereocenters. The largest absolute Gasteiger partial charge is 0.478 e. The zero-order chi connectivity index (χ0) is 9.78. The molecule has 0 amide bonds. The minimum Gasteiger partial charge on any atom is -0.478 e. The monoisotopic (exact) mass is 172 g/mol. The van der Waals surface area contributed by atoms with Crippen molar-refractivity contribution in [2.75, 3.05) is 7.05 Å². The minimum absolute atomic E-state index is 0.861.